The average Bonchev–Trinajstić information content (AvgIpc) is 2.78. The molecule has 5 nitrogen and oxygen atoms in total. The minimum atomic E-state index is -0.203. The molecule has 2 atom stereocenters. The van der Waals surface area contributed by atoms with Gasteiger partial charge in [-0.2, -0.15) is 5.10 Å². The highest BCUT2D eigenvalue weighted by molar-refractivity contribution is 6.40. The quantitative estimate of drug-likeness (QED) is 0.772. The third-order valence-corrected chi connectivity index (χ3v) is 5.65. The number of aliphatic imine (C=N–C) groups is 1. The Morgan fingerprint density at radius 2 is 1.97 bits per heavy atom. The van der Waals surface area contributed by atoms with Gasteiger partial charge in [0, 0.05) is 18.8 Å². The Hall–Kier alpha value is -3.21. The zero-order valence-corrected chi connectivity index (χ0v) is 17.7. The molecule has 0 saturated carbocycles. The van der Waals surface area contributed by atoms with E-state index >= 15 is 0 Å². The Kier molecular flexibility index (Phi) is 5.79. The van der Waals surface area contributed by atoms with Gasteiger partial charge >= 0.3 is 0 Å². The van der Waals surface area contributed by atoms with Crippen molar-refractivity contribution >= 4 is 22.8 Å². The standard InChI is InChI=1S/C25H27N3O2/c1-4-6-24(29)23-15-21-20(18-7-5-8-19(13-18)30-3)14-22(26-25(21)28-27-23)17-11-9-16(2)10-12-17/h5,7-14,21,25,28H,4,6,15H2,1-3H3. The molecule has 2 aromatic rings. The van der Waals surface area contributed by atoms with E-state index in [0.29, 0.717) is 18.6 Å². The molecule has 2 aliphatic rings. The summed E-state index contributed by atoms with van der Waals surface area (Å²) in [5, 5.41) is 4.39. The van der Waals surface area contributed by atoms with Gasteiger partial charge in [0.05, 0.1) is 12.8 Å². The molecule has 0 spiro atoms. The highest BCUT2D eigenvalue weighted by Crippen LogP contribution is 2.36. The van der Waals surface area contributed by atoms with E-state index in [-0.39, 0.29) is 17.9 Å². The molecular formula is C25H27N3O2. The largest absolute Gasteiger partial charge is 0.497 e. The van der Waals surface area contributed by atoms with Crippen molar-refractivity contribution in [1.82, 2.24) is 5.43 Å². The average molecular weight is 402 g/mol. The number of rotatable bonds is 6. The Morgan fingerprint density at radius 1 is 1.17 bits per heavy atom. The van der Waals surface area contributed by atoms with Gasteiger partial charge in [-0.15, -0.1) is 0 Å². The van der Waals surface area contributed by atoms with Gasteiger partial charge in [0.25, 0.3) is 0 Å². The lowest BCUT2D eigenvalue weighted by Gasteiger charge is -2.34. The van der Waals surface area contributed by atoms with Crippen molar-refractivity contribution < 1.29 is 9.53 Å². The van der Waals surface area contributed by atoms with Crippen LogP contribution in [-0.2, 0) is 4.79 Å². The molecule has 0 bridgehead atoms. The predicted molar refractivity (Wildman–Crippen MR) is 121 cm³/mol. The number of dihydropyridines is 1. The fraction of sp³-hybridized carbons (Fsp3) is 0.320. The summed E-state index contributed by atoms with van der Waals surface area (Å²) in [7, 11) is 1.67. The van der Waals surface area contributed by atoms with Gasteiger partial charge in [-0.3, -0.25) is 15.2 Å². The fourth-order valence-corrected chi connectivity index (χ4v) is 3.97. The third kappa shape index (κ3) is 4.06. The van der Waals surface area contributed by atoms with Crippen LogP contribution < -0.4 is 10.2 Å². The number of fused-ring (bicyclic) bond motifs is 1. The van der Waals surface area contributed by atoms with Gasteiger partial charge in [-0.05, 0) is 48.3 Å². The smallest absolute Gasteiger partial charge is 0.178 e. The zero-order chi connectivity index (χ0) is 21.1. The maximum atomic E-state index is 12.5. The number of allylic oxidation sites excluding steroid dienone is 1. The molecule has 0 aromatic heterocycles. The van der Waals surface area contributed by atoms with Crippen LogP contribution in [0.5, 0.6) is 5.75 Å². The van der Waals surface area contributed by atoms with Gasteiger partial charge in [0.15, 0.2) is 5.78 Å². The van der Waals surface area contributed by atoms with Crippen LogP contribution in [0.25, 0.3) is 5.57 Å². The number of nitrogens with zero attached hydrogens (tertiary/aromatic N) is 2. The minimum Gasteiger partial charge on any atom is -0.497 e. The normalized spacial score (nSPS) is 20.3. The first-order chi connectivity index (χ1) is 14.6. The van der Waals surface area contributed by atoms with Crippen LogP contribution >= 0.6 is 0 Å². The van der Waals surface area contributed by atoms with Gasteiger partial charge in [-0.1, -0.05) is 48.9 Å². The van der Waals surface area contributed by atoms with Crippen LogP contribution in [0.1, 0.15) is 42.9 Å². The lowest BCUT2D eigenvalue weighted by Crippen LogP contribution is -2.42. The molecule has 0 radical (unpaired) electrons. The van der Waals surface area contributed by atoms with Crippen molar-refractivity contribution in [3.63, 3.8) is 0 Å². The summed E-state index contributed by atoms with van der Waals surface area (Å²) in [6.07, 6.45) is 3.87. The predicted octanol–water partition coefficient (Wildman–Crippen LogP) is 4.55. The monoisotopic (exact) mass is 401 g/mol. The molecular weight excluding hydrogens is 374 g/mol. The molecule has 0 saturated heterocycles. The minimum absolute atomic E-state index is 0.0413. The summed E-state index contributed by atoms with van der Waals surface area (Å²) >= 11 is 0. The Balaban J connectivity index is 1.76. The van der Waals surface area contributed by atoms with E-state index in [0.717, 1.165) is 34.6 Å². The first-order valence-corrected chi connectivity index (χ1v) is 10.4. The topological polar surface area (TPSA) is 63.0 Å². The summed E-state index contributed by atoms with van der Waals surface area (Å²) in [6, 6.07) is 16.4. The molecule has 30 heavy (non-hydrogen) atoms. The first-order valence-electron chi connectivity index (χ1n) is 10.4. The highest BCUT2D eigenvalue weighted by atomic mass is 16.5. The molecule has 2 aliphatic heterocycles. The Morgan fingerprint density at radius 3 is 2.70 bits per heavy atom. The number of nitrogens with one attached hydrogen (secondary N) is 1. The summed E-state index contributed by atoms with van der Waals surface area (Å²) in [5.74, 6) is 0.963. The number of hydrogen-bond acceptors (Lipinski definition) is 5. The number of methoxy groups -OCH3 is 1. The van der Waals surface area contributed by atoms with Crippen molar-refractivity contribution in [1.29, 1.82) is 0 Å². The van der Waals surface area contributed by atoms with Crippen LogP contribution in [0.2, 0.25) is 0 Å². The van der Waals surface area contributed by atoms with Crippen molar-refractivity contribution in [2.24, 2.45) is 16.0 Å². The molecule has 0 fully saturated rings. The molecule has 2 heterocycles. The van der Waals surface area contributed by atoms with Crippen molar-refractivity contribution in [3.8, 4) is 5.75 Å². The second kappa shape index (κ2) is 8.66. The van der Waals surface area contributed by atoms with E-state index in [9.17, 15) is 4.79 Å². The van der Waals surface area contributed by atoms with Crippen molar-refractivity contribution in [2.75, 3.05) is 7.11 Å². The maximum Gasteiger partial charge on any atom is 0.178 e. The number of ether oxygens (including phenoxy) is 1. The lowest BCUT2D eigenvalue weighted by atomic mass is 9.81. The number of carbonyl (C=O) groups is 1. The van der Waals surface area contributed by atoms with Crippen molar-refractivity contribution in [3.05, 3.63) is 71.3 Å². The van der Waals surface area contributed by atoms with Crippen LogP contribution in [0.4, 0.5) is 0 Å². The molecule has 2 aromatic carbocycles. The third-order valence-electron chi connectivity index (χ3n) is 5.65. The highest BCUT2D eigenvalue weighted by Gasteiger charge is 2.35. The number of carbonyl (C=O) groups excluding carboxylic acids is 1. The van der Waals surface area contributed by atoms with E-state index in [4.69, 9.17) is 9.73 Å². The fourth-order valence-electron chi connectivity index (χ4n) is 3.97. The summed E-state index contributed by atoms with van der Waals surface area (Å²) < 4.78 is 5.45. The second-order valence-electron chi connectivity index (χ2n) is 7.83. The Bertz CT molecular complexity index is 1030. The van der Waals surface area contributed by atoms with Crippen LogP contribution in [0.3, 0.4) is 0 Å². The van der Waals surface area contributed by atoms with Crippen LogP contribution in [0, 0.1) is 12.8 Å². The van der Waals surface area contributed by atoms with E-state index in [2.05, 4.69) is 53.9 Å². The van der Waals surface area contributed by atoms with E-state index in [1.807, 2.05) is 25.1 Å². The van der Waals surface area contributed by atoms with Crippen molar-refractivity contribution in [2.45, 2.75) is 39.3 Å². The van der Waals surface area contributed by atoms with E-state index < -0.39 is 0 Å². The van der Waals surface area contributed by atoms with E-state index in [1.165, 1.54) is 5.56 Å². The molecule has 154 valence electrons. The number of hydrazone groups is 1. The summed E-state index contributed by atoms with van der Waals surface area (Å²) in [6.45, 7) is 4.09. The second-order valence-corrected chi connectivity index (χ2v) is 7.83. The molecule has 0 aliphatic carbocycles. The molecule has 4 rings (SSSR count). The molecule has 0 amide bonds. The number of benzene rings is 2. The first kappa shape index (κ1) is 20.1. The number of aryl methyl sites for hydroxylation is 1. The summed E-state index contributed by atoms with van der Waals surface area (Å²) in [4.78, 5) is 17.4. The zero-order valence-electron chi connectivity index (χ0n) is 17.7. The van der Waals surface area contributed by atoms with Gasteiger partial charge < -0.3 is 4.74 Å². The number of ketones is 1. The van der Waals surface area contributed by atoms with Crippen LogP contribution in [0.15, 0.2) is 64.7 Å². The number of Topliss-reactive ketones (excluding diaryl/α,β-unsaturated/α-hetero) is 1. The van der Waals surface area contributed by atoms with Crippen LogP contribution in [-0.4, -0.2) is 30.5 Å². The molecule has 1 N–H and O–H groups in total. The molecule has 5 heteroatoms. The van der Waals surface area contributed by atoms with Gasteiger partial charge in [-0.25, -0.2) is 0 Å². The SMILES string of the molecule is CCCC(=O)C1=NNC2N=C(c3ccc(C)cc3)C=C(c3cccc(OC)c3)C2C1. The van der Waals surface area contributed by atoms with Gasteiger partial charge in [0.1, 0.15) is 17.6 Å². The Labute approximate surface area is 177 Å². The van der Waals surface area contributed by atoms with Gasteiger partial charge in [0.2, 0.25) is 0 Å². The number of hydrogen-bond donors (Lipinski definition) is 1. The van der Waals surface area contributed by atoms with E-state index in [1.54, 1.807) is 7.11 Å². The molecule has 2 unspecified atom stereocenters. The maximum absolute atomic E-state index is 12.5. The lowest BCUT2D eigenvalue weighted by molar-refractivity contribution is -0.113. The summed E-state index contributed by atoms with van der Waals surface area (Å²) in [5.41, 5.74) is 9.19.